The summed E-state index contributed by atoms with van der Waals surface area (Å²) in [6, 6.07) is 4.09. The molecule has 0 aliphatic carbocycles. The van der Waals surface area contributed by atoms with E-state index in [9.17, 15) is 18.0 Å². The molecule has 1 unspecified atom stereocenters. The Morgan fingerprint density at radius 1 is 1.32 bits per heavy atom. The molecule has 1 spiro atoms. The number of pyridine rings is 1. The minimum Gasteiger partial charge on any atom is -0.475 e. The number of alkyl halides is 3. The molecule has 4 rings (SSSR count). The number of halogens is 3. The van der Waals surface area contributed by atoms with Gasteiger partial charge in [-0.05, 0) is 50.8 Å². The average Bonchev–Trinajstić information content (AvgIpc) is 3.18. The van der Waals surface area contributed by atoms with Gasteiger partial charge in [0, 0.05) is 31.9 Å². The van der Waals surface area contributed by atoms with Gasteiger partial charge < -0.3 is 24.2 Å². The number of carbonyl (C=O) groups excluding carboxylic acids is 1. The zero-order valence-electron chi connectivity index (χ0n) is 21.3. The molecule has 9 nitrogen and oxygen atoms in total. The van der Waals surface area contributed by atoms with E-state index in [2.05, 4.69) is 35.1 Å². The second-order valence-corrected chi connectivity index (χ2v) is 9.74. The maximum absolute atomic E-state index is 13.0. The fourth-order valence-corrected chi connectivity index (χ4v) is 4.66. The van der Waals surface area contributed by atoms with Crippen molar-refractivity contribution in [2.24, 2.45) is 5.92 Å². The van der Waals surface area contributed by atoms with Crippen molar-refractivity contribution in [3.05, 3.63) is 47.1 Å². The lowest BCUT2D eigenvalue weighted by Gasteiger charge is -2.53. The van der Waals surface area contributed by atoms with Gasteiger partial charge in [0.1, 0.15) is 16.9 Å². The second-order valence-electron chi connectivity index (χ2n) is 9.74. The van der Waals surface area contributed by atoms with Gasteiger partial charge in [0.15, 0.2) is 0 Å². The molecular formula is C25H33F3N4O5. The number of likely N-dealkylation sites (tertiary alicyclic amines) is 1. The second kappa shape index (κ2) is 12.0. The molecule has 2 aromatic heterocycles. The Morgan fingerprint density at radius 3 is 2.57 bits per heavy atom. The molecule has 37 heavy (non-hydrogen) atoms. The molecule has 204 valence electrons. The Bertz CT molecular complexity index is 1040. The molecule has 2 aromatic rings. The number of hydrogen-bond acceptors (Lipinski definition) is 7. The number of carbonyl (C=O) groups is 2. The number of amides is 1. The highest BCUT2D eigenvalue weighted by molar-refractivity contribution is 5.96. The molecule has 2 fully saturated rings. The molecule has 2 aliphatic rings. The van der Waals surface area contributed by atoms with E-state index >= 15 is 0 Å². The van der Waals surface area contributed by atoms with Crippen LogP contribution in [0.1, 0.15) is 53.6 Å². The van der Waals surface area contributed by atoms with Crippen molar-refractivity contribution in [2.75, 3.05) is 33.3 Å². The van der Waals surface area contributed by atoms with Crippen molar-refractivity contribution in [3.8, 4) is 0 Å². The zero-order valence-corrected chi connectivity index (χ0v) is 21.3. The molecule has 1 N–H and O–H groups in total. The first-order valence-corrected chi connectivity index (χ1v) is 12.2. The number of hydrogen-bond donors (Lipinski definition) is 1. The summed E-state index contributed by atoms with van der Waals surface area (Å²) in [5, 5.41) is 11.1. The number of rotatable bonds is 7. The van der Waals surface area contributed by atoms with Crippen LogP contribution in [0.5, 0.6) is 0 Å². The molecule has 2 saturated heterocycles. The first-order chi connectivity index (χ1) is 17.4. The van der Waals surface area contributed by atoms with E-state index in [0.717, 1.165) is 45.4 Å². The Balaban J connectivity index is 0.000000479. The molecule has 0 bridgehead atoms. The quantitative estimate of drug-likeness (QED) is 0.582. The molecule has 0 saturated carbocycles. The Morgan fingerprint density at radius 2 is 2.03 bits per heavy atom. The number of aromatic nitrogens is 2. The third kappa shape index (κ3) is 7.51. The van der Waals surface area contributed by atoms with Gasteiger partial charge in [-0.3, -0.25) is 9.78 Å². The van der Waals surface area contributed by atoms with Gasteiger partial charge in [0.25, 0.3) is 5.91 Å². The highest BCUT2D eigenvalue weighted by Crippen LogP contribution is 2.37. The summed E-state index contributed by atoms with van der Waals surface area (Å²) in [5.41, 5.74) is 2.40. The zero-order chi connectivity index (χ0) is 27.2. The summed E-state index contributed by atoms with van der Waals surface area (Å²) in [5.74, 6) is -1.49. The van der Waals surface area contributed by atoms with Crippen molar-refractivity contribution in [1.29, 1.82) is 0 Å². The Labute approximate surface area is 213 Å². The monoisotopic (exact) mass is 526 g/mol. The minimum absolute atomic E-state index is 0.0322. The first kappa shape index (κ1) is 28.6. The van der Waals surface area contributed by atoms with Crippen molar-refractivity contribution in [1.82, 2.24) is 19.9 Å². The predicted octanol–water partition coefficient (Wildman–Crippen LogP) is 3.72. The summed E-state index contributed by atoms with van der Waals surface area (Å²) >= 11 is 0. The number of ether oxygens (including phenoxy) is 1. The molecule has 12 heteroatoms. The van der Waals surface area contributed by atoms with E-state index in [1.807, 2.05) is 24.1 Å². The van der Waals surface area contributed by atoms with Gasteiger partial charge >= 0.3 is 12.1 Å². The van der Waals surface area contributed by atoms with E-state index in [1.54, 1.807) is 6.20 Å². The molecular weight excluding hydrogens is 493 g/mol. The normalized spacial score (nSPS) is 18.8. The van der Waals surface area contributed by atoms with Crippen LogP contribution in [0, 0.1) is 12.8 Å². The van der Waals surface area contributed by atoms with Gasteiger partial charge in [-0.2, -0.15) is 13.2 Å². The first-order valence-electron chi connectivity index (χ1n) is 12.2. The highest BCUT2D eigenvalue weighted by atomic mass is 19.4. The SMILES string of the molecule is CCCc1onc(C)c1C(=O)N1CC2(CCC(CN(C)Cc3cccnc3)CO2)C1.O=C(O)C(F)(F)F. The fourth-order valence-electron chi connectivity index (χ4n) is 4.66. The van der Waals surface area contributed by atoms with E-state index < -0.39 is 12.1 Å². The lowest BCUT2D eigenvalue weighted by atomic mass is 9.82. The number of aryl methyl sites for hydroxylation is 2. The van der Waals surface area contributed by atoms with Crippen LogP contribution in [0.4, 0.5) is 13.2 Å². The largest absolute Gasteiger partial charge is 0.490 e. The summed E-state index contributed by atoms with van der Waals surface area (Å²) in [6.45, 7) is 7.91. The van der Waals surface area contributed by atoms with E-state index in [1.165, 1.54) is 5.56 Å². The third-order valence-electron chi connectivity index (χ3n) is 6.49. The van der Waals surface area contributed by atoms with Crippen LogP contribution in [0.15, 0.2) is 29.0 Å². The van der Waals surface area contributed by atoms with E-state index in [0.29, 0.717) is 36.0 Å². The van der Waals surface area contributed by atoms with E-state index in [4.69, 9.17) is 19.2 Å². The lowest BCUT2D eigenvalue weighted by Crippen LogP contribution is -2.66. The molecule has 2 aliphatic heterocycles. The van der Waals surface area contributed by atoms with Crippen LogP contribution in [0.2, 0.25) is 0 Å². The number of carboxylic acids is 1. The summed E-state index contributed by atoms with van der Waals surface area (Å²) in [4.78, 5) is 30.3. The molecule has 0 radical (unpaired) electrons. The van der Waals surface area contributed by atoms with Gasteiger partial charge in [0.05, 0.1) is 25.4 Å². The van der Waals surface area contributed by atoms with Crippen LogP contribution in [0.25, 0.3) is 0 Å². The topological polar surface area (TPSA) is 109 Å². The lowest BCUT2D eigenvalue weighted by molar-refractivity contribution is -0.192. The van der Waals surface area contributed by atoms with Gasteiger partial charge in [-0.25, -0.2) is 4.79 Å². The van der Waals surface area contributed by atoms with Crippen LogP contribution < -0.4 is 0 Å². The third-order valence-corrected chi connectivity index (χ3v) is 6.49. The number of aliphatic carboxylic acids is 1. The summed E-state index contributed by atoms with van der Waals surface area (Å²) < 4.78 is 43.4. The van der Waals surface area contributed by atoms with E-state index in [-0.39, 0.29) is 11.5 Å². The Hall–Kier alpha value is -2.99. The van der Waals surface area contributed by atoms with Crippen molar-refractivity contribution >= 4 is 11.9 Å². The van der Waals surface area contributed by atoms with Crippen molar-refractivity contribution < 1.29 is 37.1 Å². The number of nitrogens with zero attached hydrogens (tertiary/aromatic N) is 4. The summed E-state index contributed by atoms with van der Waals surface area (Å²) in [6.07, 6.45) is 2.45. The predicted molar refractivity (Wildman–Crippen MR) is 127 cm³/mol. The minimum atomic E-state index is -5.08. The standard InChI is InChI=1S/C23H32N4O3.C2HF3O2/c1-4-6-20-21(17(2)25-30-20)22(28)27-15-23(16-27)9-8-19(14-29-23)13-26(3)12-18-7-5-10-24-11-18;3-2(4,5)1(6)7/h5,7,10-11,19H,4,6,8-9,12-16H2,1-3H3;(H,6,7). The molecule has 0 aromatic carbocycles. The maximum atomic E-state index is 13.0. The highest BCUT2D eigenvalue weighted by Gasteiger charge is 2.49. The fraction of sp³-hybridized carbons (Fsp3) is 0.600. The maximum Gasteiger partial charge on any atom is 0.490 e. The molecule has 1 atom stereocenters. The summed E-state index contributed by atoms with van der Waals surface area (Å²) in [7, 11) is 2.15. The van der Waals surface area contributed by atoms with Crippen molar-refractivity contribution in [3.63, 3.8) is 0 Å². The molecule has 1 amide bonds. The smallest absolute Gasteiger partial charge is 0.475 e. The average molecular weight is 527 g/mol. The van der Waals surface area contributed by atoms with Gasteiger partial charge in [-0.15, -0.1) is 0 Å². The van der Waals surface area contributed by atoms with Crippen LogP contribution in [0.3, 0.4) is 0 Å². The number of carboxylic acid groups (broad SMARTS) is 1. The van der Waals surface area contributed by atoms with Crippen LogP contribution in [-0.2, 0) is 22.5 Å². The van der Waals surface area contributed by atoms with Crippen LogP contribution in [-0.4, -0.2) is 82.0 Å². The molecule has 4 heterocycles. The van der Waals surface area contributed by atoms with Crippen LogP contribution >= 0.6 is 0 Å². The van der Waals surface area contributed by atoms with Crippen molar-refractivity contribution in [2.45, 2.75) is 57.9 Å². The van der Waals surface area contributed by atoms with Gasteiger partial charge in [0.2, 0.25) is 0 Å². The van der Waals surface area contributed by atoms with Gasteiger partial charge in [-0.1, -0.05) is 18.1 Å². The Kier molecular flexibility index (Phi) is 9.30.